The summed E-state index contributed by atoms with van der Waals surface area (Å²) in [5.74, 6) is 5.47. The van der Waals surface area contributed by atoms with Crippen LogP contribution in [0.2, 0.25) is 0 Å². The Hall–Kier alpha value is -5.37. The van der Waals surface area contributed by atoms with Gasteiger partial charge in [-0.1, -0.05) is 12.0 Å². The number of rotatable bonds is 5. The Balaban J connectivity index is 1.44. The number of nitrogens with zero attached hydrogens (tertiary/aromatic N) is 4. The van der Waals surface area contributed by atoms with Crippen molar-refractivity contribution in [3.63, 3.8) is 0 Å². The average molecular weight is 528 g/mol. The summed E-state index contributed by atoms with van der Waals surface area (Å²) in [7, 11) is 0. The molecule has 0 radical (unpaired) electrons. The van der Waals surface area contributed by atoms with E-state index in [0.29, 0.717) is 29.0 Å². The van der Waals surface area contributed by atoms with Crippen LogP contribution in [-0.2, 0) is 11.0 Å². The maximum absolute atomic E-state index is 13.5. The molecule has 0 saturated carbocycles. The first-order valence-corrected chi connectivity index (χ1v) is 11.5. The Kier molecular flexibility index (Phi) is 6.60. The number of pyridine rings is 1. The van der Waals surface area contributed by atoms with Crippen molar-refractivity contribution in [2.75, 3.05) is 10.6 Å². The number of imidazole rings is 2. The lowest BCUT2D eigenvalue weighted by molar-refractivity contribution is -0.137. The highest BCUT2D eigenvalue weighted by Gasteiger charge is 2.31. The molecule has 0 bridgehead atoms. The van der Waals surface area contributed by atoms with Gasteiger partial charge in [0.1, 0.15) is 5.69 Å². The first-order chi connectivity index (χ1) is 18.7. The van der Waals surface area contributed by atoms with Crippen molar-refractivity contribution in [1.29, 1.82) is 0 Å². The monoisotopic (exact) mass is 528 g/mol. The molecule has 2 amide bonds. The number of benzene rings is 2. The van der Waals surface area contributed by atoms with E-state index in [1.165, 1.54) is 29.4 Å². The number of nitrogens with one attached hydrogen (secondary N) is 2. The third-order valence-corrected chi connectivity index (χ3v) is 5.88. The first kappa shape index (κ1) is 25.3. The van der Waals surface area contributed by atoms with Gasteiger partial charge in [-0.3, -0.25) is 14.0 Å². The Labute approximate surface area is 220 Å². The molecule has 0 unspecified atom stereocenters. The minimum absolute atomic E-state index is 0.0165. The molecular formula is C28H19F3N6O2. The third-order valence-electron chi connectivity index (χ3n) is 5.88. The van der Waals surface area contributed by atoms with E-state index < -0.39 is 17.6 Å². The summed E-state index contributed by atoms with van der Waals surface area (Å²) in [4.78, 5) is 32.1. The fourth-order valence-electron chi connectivity index (χ4n) is 3.92. The predicted octanol–water partition coefficient (Wildman–Crippen LogP) is 5.07. The third kappa shape index (κ3) is 5.35. The number of aromatic nitrogens is 4. The Morgan fingerprint density at radius 1 is 1.08 bits per heavy atom. The van der Waals surface area contributed by atoms with Crippen LogP contribution < -0.4 is 10.6 Å². The van der Waals surface area contributed by atoms with Gasteiger partial charge >= 0.3 is 6.18 Å². The van der Waals surface area contributed by atoms with Crippen molar-refractivity contribution in [1.82, 2.24) is 18.9 Å². The molecule has 0 aliphatic heterocycles. The SMILES string of the molecule is Cc1ccc(C(=O)Nc2cc(-n3ccnc3)cc(C(F)(F)F)c2)cc1C#Cc1cnc2c(NC=O)cccn12. The van der Waals surface area contributed by atoms with Crippen LogP contribution in [0.5, 0.6) is 0 Å². The molecule has 0 aliphatic carbocycles. The molecule has 194 valence electrons. The van der Waals surface area contributed by atoms with Gasteiger partial charge in [0, 0.05) is 41.1 Å². The van der Waals surface area contributed by atoms with Gasteiger partial charge in [-0.2, -0.15) is 13.2 Å². The molecule has 5 rings (SSSR count). The highest BCUT2D eigenvalue weighted by Crippen LogP contribution is 2.33. The molecule has 3 aromatic heterocycles. The van der Waals surface area contributed by atoms with E-state index in [1.807, 2.05) is 6.92 Å². The van der Waals surface area contributed by atoms with E-state index >= 15 is 0 Å². The van der Waals surface area contributed by atoms with E-state index in [2.05, 4.69) is 32.4 Å². The Morgan fingerprint density at radius 3 is 2.67 bits per heavy atom. The second-order valence-electron chi connectivity index (χ2n) is 8.49. The zero-order valence-electron chi connectivity index (χ0n) is 20.3. The van der Waals surface area contributed by atoms with Crippen molar-refractivity contribution < 1.29 is 22.8 Å². The number of halogens is 3. The van der Waals surface area contributed by atoms with E-state index in [9.17, 15) is 22.8 Å². The van der Waals surface area contributed by atoms with Gasteiger partial charge in [0.05, 0.1) is 23.8 Å². The van der Waals surface area contributed by atoms with Crippen LogP contribution >= 0.6 is 0 Å². The van der Waals surface area contributed by atoms with Crippen LogP contribution in [0.15, 0.2) is 79.6 Å². The lowest BCUT2D eigenvalue weighted by atomic mass is 10.0. The summed E-state index contributed by atoms with van der Waals surface area (Å²) in [5, 5.41) is 5.15. The van der Waals surface area contributed by atoms with Crippen LogP contribution in [0.4, 0.5) is 24.5 Å². The number of aryl methyl sites for hydroxylation is 1. The van der Waals surface area contributed by atoms with Crippen LogP contribution in [0, 0.1) is 18.8 Å². The topological polar surface area (TPSA) is 93.3 Å². The summed E-state index contributed by atoms with van der Waals surface area (Å²) < 4.78 is 43.7. The molecule has 3 heterocycles. The largest absolute Gasteiger partial charge is 0.416 e. The van der Waals surface area contributed by atoms with Gasteiger partial charge in [0.2, 0.25) is 6.41 Å². The normalized spacial score (nSPS) is 11.1. The summed E-state index contributed by atoms with van der Waals surface area (Å²) in [6.07, 6.45) is 3.60. The van der Waals surface area contributed by atoms with Crippen molar-refractivity contribution in [3.8, 4) is 17.5 Å². The van der Waals surface area contributed by atoms with Crippen molar-refractivity contribution >= 4 is 29.3 Å². The second-order valence-corrected chi connectivity index (χ2v) is 8.49. The van der Waals surface area contributed by atoms with Gasteiger partial charge in [-0.25, -0.2) is 9.97 Å². The van der Waals surface area contributed by atoms with Gasteiger partial charge in [0.25, 0.3) is 5.91 Å². The number of amides is 2. The molecule has 0 atom stereocenters. The minimum Gasteiger partial charge on any atom is -0.326 e. The smallest absolute Gasteiger partial charge is 0.326 e. The average Bonchev–Trinajstić information content (AvgIpc) is 3.59. The fraction of sp³-hybridized carbons (Fsp3) is 0.0714. The van der Waals surface area contributed by atoms with Crippen LogP contribution in [0.1, 0.15) is 32.7 Å². The number of alkyl halides is 3. The summed E-state index contributed by atoms with van der Waals surface area (Å²) in [5.41, 5.74) is 2.48. The zero-order valence-corrected chi connectivity index (χ0v) is 20.3. The van der Waals surface area contributed by atoms with Crippen LogP contribution in [-0.4, -0.2) is 31.3 Å². The molecule has 0 spiro atoms. The van der Waals surface area contributed by atoms with Crippen molar-refractivity contribution in [2.45, 2.75) is 13.1 Å². The second kappa shape index (κ2) is 10.2. The van der Waals surface area contributed by atoms with Crippen LogP contribution in [0.3, 0.4) is 0 Å². The van der Waals surface area contributed by atoms with Gasteiger partial charge < -0.3 is 15.2 Å². The summed E-state index contributed by atoms with van der Waals surface area (Å²) >= 11 is 0. The number of carbonyl (C=O) groups is 2. The highest BCUT2D eigenvalue weighted by molar-refractivity contribution is 6.04. The lowest BCUT2D eigenvalue weighted by Gasteiger charge is -2.14. The molecule has 39 heavy (non-hydrogen) atoms. The Bertz CT molecular complexity index is 1760. The lowest BCUT2D eigenvalue weighted by Crippen LogP contribution is -2.14. The quantitative estimate of drug-likeness (QED) is 0.246. The molecule has 0 fully saturated rings. The number of carbonyl (C=O) groups excluding carboxylic acids is 2. The molecule has 5 aromatic rings. The maximum atomic E-state index is 13.5. The molecule has 8 nitrogen and oxygen atoms in total. The summed E-state index contributed by atoms with van der Waals surface area (Å²) in [6.45, 7) is 1.83. The van der Waals surface area contributed by atoms with Gasteiger partial charge in [-0.05, 0) is 60.9 Å². The standard InChI is InChI=1S/C28H19F3N6O2/c1-18-4-5-20(11-19(18)6-7-23-15-33-26-25(34-17-38)3-2-9-37(23)26)27(39)35-22-12-21(28(29,30)31)13-24(14-22)36-10-8-32-16-36/h2-5,8-17H,1H3,(H,34,38)(H,35,39). The fourth-order valence-corrected chi connectivity index (χ4v) is 3.92. The molecular weight excluding hydrogens is 509 g/mol. The summed E-state index contributed by atoms with van der Waals surface area (Å²) in [6, 6.07) is 11.6. The molecule has 0 aliphatic rings. The number of hydrogen-bond acceptors (Lipinski definition) is 4. The van der Waals surface area contributed by atoms with Gasteiger partial charge in [0.15, 0.2) is 5.65 Å². The van der Waals surface area contributed by atoms with Crippen molar-refractivity contribution in [3.05, 3.63) is 108 Å². The molecule has 2 aromatic carbocycles. The predicted molar refractivity (Wildman–Crippen MR) is 139 cm³/mol. The molecule has 11 heteroatoms. The zero-order chi connectivity index (χ0) is 27.6. The van der Waals surface area contributed by atoms with E-state index in [0.717, 1.165) is 17.7 Å². The molecule has 2 N–H and O–H groups in total. The van der Waals surface area contributed by atoms with Gasteiger partial charge in [-0.15, -0.1) is 0 Å². The number of anilines is 2. The van der Waals surface area contributed by atoms with E-state index in [4.69, 9.17) is 0 Å². The number of hydrogen-bond donors (Lipinski definition) is 2. The molecule has 0 saturated heterocycles. The first-order valence-electron chi connectivity index (χ1n) is 11.5. The minimum atomic E-state index is -4.61. The highest BCUT2D eigenvalue weighted by atomic mass is 19.4. The number of fused-ring (bicyclic) bond motifs is 1. The van der Waals surface area contributed by atoms with E-state index in [-0.39, 0.29) is 16.9 Å². The van der Waals surface area contributed by atoms with E-state index in [1.54, 1.807) is 47.1 Å². The van der Waals surface area contributed by atoms with Crippen LogP contribution in [0.25, 0.3) is 11.3 Å². The Morgan fingerprint density at radius 2 is 1.92 bits per heavy atom. The van der Waals surface area contributed by atoms with Crippen molar-refractivity contribution in [2.24, 2.45) is 0 Å². The maximum Gasteiger partial charge on any atom is 0.416 e.